The molecule has 1 aromatic rings. The number of pyridine rings is 1. The van der Waals surface area contributed by atoms with Crippen molar-refractivity contribution in [1.29, 1.82) is 0 Å². The molecule has 0 aliphatic carbocycles. The number of hydrogen-bond donors (Lipinski definition) is 1. The monoisotopic (exact) mass is 234 g/mol. The molecule has 2 unspecified atom stereocenters. The molecule has 2 aliphatic heterocycles. The van der Waals surface area contributed by atoms with E-state index in [1.54, 1.807) is 6.20 Å². The second-order valence-electron chi connectivity index (χ2n) is 5.00. The topological polar surface area (TPSA) is 57.4 Å². The van der Waals surface area contributed by atoms with Gasteiger partial charge in [-0.2, -0.15) is 0 Å². The fourth-order valence-corrected chi connectivity index (χ4v) is 2.93. The number of hydrogen-bond acceptors (Lipinski definition) is 4. The van der Waals surface area contributed by atoms with Crippen molar-refractivity contribution in [3.8, 4) is 0 Å². The Balaban J connectivity index is 1.82. The lowest BCUT2D eigenvalue weighted by Gasteiger charge is -2.37. The fourth-order valence-electron chi connectivity index (χ4n) is 2.93. The molecule has 0 amide bonds. The third kappa shape index (κ3) is 2.03. The van der Waals surface area contributed by atoms with Gasteiger partial charge >= 0.3 is 0 Å². The van der Waals surface area contributed by atoms with Gasteiger partial charge in [0.15, 0.2) is 0 Å². The van der Waals surface area contributed by atoms with E-state index in [0.717, 1.165) is 39.1 Å². The molecule has 4 nitrogen and oxygen atoms in total. The second kappa shape index (κ2) is 4.27. The van der Waals surface area contributed by atoms with Crippen molar-refractivity contribution >= 4 is 5.82 Å². The fraction of sp³-hybridized carbons (Fsp3) is 0.615. The van der Waals surface area contributed by atoms with E-state index in [0.29, 0.717) is 11.7 Å². The van der Waals surface area contributed by atoms with E-state index >= 15 is 0 Å². The average Bonchev–Trinajstić information content (AvgIpc) is 2.78. The molecule has 0 saturated carbocycles. The van der Waals surface area contributed by atoms with E-state index in [1.165, 1.54) is 5.56 Å². The number of nitrogens with two attached hydrogens (primary N) is 1. The van der Waals surface area contributed by atoms with Crippen LogP contribution >= 0.6 is 0 Å². The van der Waals surface area contributed by atoms with Gasteiger partial charge < -0.3 is 15.2 Å². The van der Waals surface area contributed by atoms with Crippen LogP contribution in [0.15, 0.2) is 18.3 Å². The van der Waals surface area contributed by atoms with Gasteiger partial charge in [0.25, 0.3) is 0 Å². The van der Waals surface area contributed by atoms with Crippen molar-refractivity contribution < 1.29 is 9.47 Å². The van der Waals surface area contributed by atoms with E-state index in [4.69, 9.17) is 15.2 Å². The lowest BCUT2D eigenvalue weighted by Crippen LogP contribution is -2.39. The van der Waals surface area contributed by atoms with Crippen LogP contribution in [-0.4, -0.2) is 30.4 Å². The van der Waals surface area contributed by atoms with Gasteiger partial charge in [-0.25, -0.2) is 4.98 Å². The summed E-state index contributed by atoms with van der Waals surface area (Å²) in [4.78, 5) is 4.18. The summed E-state index contributed by atoms with van der Waals surface area (Å²) in [5.41, 5.74) is 7.06. The molecular weight excluding hydrogens is 216 g/mol. The summed E-state index contributed by atoms with van der Waals surface area (Å²) in [6, 6.07) is 4.04. The van der Waals surface area contributed by atoms with Gasteiger partial charge in [0.05, 0.1) is 12.2 Å². The molecule has 0 radical (unpaired) electrons. The zero-order valence-corrected chi connectivity index (χ0v) is 9.89. The van der Waals surface area contributed by atoms with Gasteiger partial charge in [0.1, 0.15) is 5.82 Å². The summed E-state index contributed by atoms with van der Waals surface area (Å²) in [5.74, 6) is 1.12. The Bertz CT molecular complexity index is 402. The predicted molar refractivity (Wildman–Crippen MR) is 64.7 cm³/mol. The highest BCUT2D eigenvalue weighted by Crippen LogP contribution is 2.41. The first-order valence-corrected chi connectivity index (χ1v) is 6.21. The van der Waals surface area contributed by atoms with Crippen molar-refractivity contribution in [3.63, 3.8) is 0 Å². The number of ether oxygens (including phenoxy) is 2. The lowest BCUT2D eigenvalue weighted by molar-refractivity contribution is -0.0863. The van der Waals surface area contributed by atoms with Crippen LogP contribution in [-0.2, 0) is 9.47 Å². The molecule has 0 bridgehead atoms. The minimum Gasteiger partial charge on any atom is -0.383 e. The van der Waals surface area contributed by atoms with Gasteiger partial charge in [-0.1, -0.05) is 6.07 Å². The molecule has 3 heterocycles. The standard InChI is InChI=1S/C13H18N2O2/c14-12-11(2-1-5-15-12)10-3-6-17-13(8-10)4-7-16-9-13/h1-2,5,10H,3-4,6-9H2,(H2,14,15). The molecule has 2 aliphatic rings. The summed E-state index contributed by atoms with van der Waals surface area (Å²) in [6.07, 6.45) is 4.77. The number of rotatable bonds is 1. The Labute approximate surface area is 101 Å². The molecule has 2 saturated heterocycles. The van der Waals surface area contributed by atoms with Crippen molar-refractivity contribution in [2.24, 2.45) is 0 Å². The molecule has 2 atom stereocenters. The summed E-state index contributed by atoms with van der Waals surface area (Å²) in [6.45, 7) is 2.33. The van der Waals surface area contributed by atoms with Crippen LogP contribution in [0.25, 0.3) is 0 Å². The normalized spacial score (nSPS) is 33.1. The first kappa shape index (κ1) is 11.0. The van der Waals surface area contributed by atoms with Crippen molar-refractivity contribution in [3.05, 3.63) is 23.9 Å². The number of nitrogen functional groups attached to an aromatic ring is 1. The zero-order valence-electron chi connectivity index (χ0n) is 9.89. The predicted octanol–water partition coefficient (Wildman–Crippen LogP) is 1.72. The molecule has 1 aromatic heterocycles. The van der Waals surface area contributed by atoms with E-state index in [-0.39, 0.29) is 5.60 Å². The van der Waals surface area contributed by atoms with E-state index < -0.39 is 0 Å². The van der Waals surface area contributed by atoms with Crippen LogP contribution in [0.3, 0.4) is 0 Å². The van der Waals surface area contributed by atoms with Gasteiger partial charge in [-0.05, 0) is 30.4 Å². The maximum atomic E-state index is 5.96. The summed E-state index contributed by atoms with van der Waals surface area (Å²) in [5, 5.41) is 0. The summed E-state index contributed by atoms with van der Waals surface area (Å²) >= 11 is 0. The summed E-state index contributed by atoms with van der Waals surface area (Å²) in [7, 11) is 0. The summed E-state index contributed by atoms with van der Waals surface area (Å²) < 4.78 is 11.4. The van der Waals surface area contributed by atoms with Crippen LogP contribution in [0.5, 0.6) is 0 Å². The third-order valence-corrected chi connectivity index (χ3v) is 3.87. The number of anilines is 1. The molecule has 92 valence electrons. The first-order chi connectivity index (χ1) is 8.29. The van der Waals surface area contributed by atoms with E-state index in [9.17, 15) is 0 Å². The van der Waals surface area contributed by atoms with Crippen LogP contribution < -0.4 is 5.73 Å². The maximum absolute atomic E-state index is 5.96. The van der Waals surface area contributed by atoms with Crippen molar-refractivity contribution in [2.45, 2.75) is 30.8 Å². The molecule has 1 spiro atoms. The molecule has 0 aromatic carbocycles. The lowest BCUT2D eigenvalue weighted by atomic mass is 9.81. The maximum Gasteiger partial charge on any atom is 0.126 e. The second-order valence-corrected chi connectivity index (χ2v) is 5.00. The minimum absolute atomic E-state index is 0.0643. The van der Waals surface area contributed by atoms with Gasteiger partial charge in [-0.3, -0.25) is 0 Å². The van der Waals surface area contributed by atoms with Crippen LogP contribution in [0.2, 0.25) is 0 Å². The van der Waals surface area contributed by atoms with Crippen LogP contribution in [0, 0.1) is 0 Å². The molecule has 2 N–H and O–H groups in total. The molecular formula is C13H18N2O2. The zero-order chi connectivity index (χ0) is 11.7. The number of aromatic nitrogens is 1. The van der Waals surface area contributed by atoms with E-state index in [2.05, 4.69) is 11.1 Å². The van der Waals surface area contributed by atoms with E-state index in [1.807, 2.05) is 6.07 Å². The Morgan fingerprint density at radius 3 is 3.12 bits per heavy atom. The SMILES string of the molecule is Nc1ncccc1C1CCOC2(CCOC2)C1. The van der Waals surface area contributed by atoms with Gasteiger partial charge in [0.2, 0.25) is 0 Å². The molecule has 17 heavy (non-hydrogen) atoms. The Morgan fingerprint density at radius 2 is 2.35 bits per heavy atom. The van der Waals surface area contributed by atoms with Crippen LogP contribution in [0.1, 0.15) is 30.7 Å². The van der Waals surface area contributed by atoms with Gasteiger partial charge in [-0.15, -0.1) is 0 Å². The Hall–Kier alpha value is -1.13. The first-order valence-electron chi connectivity index (χ1n) is 6.21. The smallest absolute Gasteiger partial charge is 0.126 e. The highest BCUT2D eigenvalue weighted by Gasteiger charge is 2.41. The minimum atomic E-state index is -0.0643. The number of nitrogens with zero attached hydrogens (tertiary/aromatic N) is 1. The largest absolute Gasteiger partial charge is 0.383 e. The highest BCUT2D eigenvalue weighted by molar-refractivity contribution is 5.41. The Morgan fingerprint density at radius 1 is 1.41 bits per heavy atom. The Kier molecular flexibility index (Phi) is 2.76. The quantitative estimate of drug-likeness (QED) is 0.803. The molecule has 2 fully saturated rings. The van der Waals surface area contributed by atoms with Gasteiger partial charge in [0, 0.05) is 25.8 Å². The van der Waals surface area contributed by atoms with Crippen LogP contribution in [0.4, 0.5) is 5.82 Å². The average molecular weight is 234 g/mol. The molecule has 4 heteroatoms. The molecule has 3 rings (SSSR count). The highest BCUT2D eigenvalue weighted by atomic mass is 16.6. The van der Waals surface area contributed by atoms with Crippen molar-refractivity contribution in [1.82, 2.24) is 4.98 Å². The third-order valence-electron chi connectivity index (χ3n) is 3.87. The van der Waals surface area contributed by atoms with Crippen molar-refractivity contribution in [2.75, 3.05) is 25.6 Å².